The van der Waals surface area contributed by atoms with Crippen molar-refractivity contribution in [3.8, 4) is 10.7 Å². The molecule has 7 heteroatoms. The first-order valence-corrected chi connectivity index (χ1v) is 7.50. The molecule has 0 spiro atoms. The van der Waals surface area contributed by atoms with Crippen molar-refractivity contribution in [2.24, 2.45) is 5.84 Å². The normalized spacial score (nSPS) is 14.3. The summed E-state index contributed by atoms with van der Waals surface area (Å²) in [7, 11) is 0. The van der Waals surface area contributed by atoms with Crippen LogP contribution in [0.3, 0.4) is 0 Å². The minimum atomic E-state index is 0.516. The molecule has 2 aromatic rings. The van der Waals surface area contributed by atoms with E-state index < -0.39 is 0 Å². The molecule has 0 amide bonds. The second-order valence-corrected chi connectivity index (χ2v) is 6.39. The fourth-order valence-electron chi connectivity index (χ4n) is 2.03. The molecule has 1 aliphatic heterocycles. The Balaban J connectivity index is 2.11. The Morgan fingerprint density at radius 3 is 3.00 bits per heavy atom. The number of thiophene rings is 1. The average molecular weight is 341 g/mol. The topological polar surface area (TPSA) is 73.1 Å². The molecular weight excluding hydrogens is 328 g/mol. The van der Waals surface area contributed by atoms with E-state index in [2.05, 4.69) is 38.2 Å². The van der Waals surface area contributed by atoms with Crippen molar-refractivity contribution in [3.05, 3.63) is 26.7 Å². The van der Waals surface area contributed by atoms with E-state index in [9.17, 15) is 0 Å². The quantitative estimate of drug-likeness (QED) is 0.649. The Hall–Kier alpha value is -1.02. The number of nitrogens with zero attached hydrogens (tertiary/aromatic N) is 2. The number of ether oxygens (including phenoxy) is 1. The van der Waals surface area contributed by atoms with Crippen LogP contribution in [0.2, 0.25) is 0 Å². The molecule has 0 saturated heterocycles. The molecule has 2 aromatic heterocycles. The third-order valence-electron chi connectivity index (χ3n) is 3.04. The molecule has 0 unspecified atom stereocenters. The maximum absolute atomic E-state index is 5.55. The Morgan fingerprint density at radius 1 is 1.47 bits per heavy atom. The number of halogens is 1. The lowest BCUT2D eigenvalue weighted by Gasteiger charge is -2.18. The van der Waals surface area contributed by atoms with Gasteiger partial charge in [-0.2, -0.15) is 0 Å². The zero-order valence-electron chi connectivity index (χ0n) is 10.4. The zero-order valence-corrected chi connectivity index (χ0v) is 12.8. The van der Waals surface area contributed by atoms with Crippen LogP contribution in [0.25, 0.3) is 10.7 Å². The van der Waals surface area contributed by atoms with E-state index in [1.807, 2.05) is 6.07 Å². The minimum absolute atomic E-state index is 0.516. The maximum atomic E-state index is 5.55. The molecule has 0 radical (unpaired) electrons. The Labute approximate surface area is 123 Å². The highest BCUT2D eigenvalue weighted by atomic mass is 79.9. The van der Waals surface area contributed by atoms with Crippen molar-refractivity contribution in [1.82, 2.24) is 9.97 Å². The van der Waals surface area contributed by atoms with Crippen molar-refractivity contribution in [1.29, 1.82) is 0 Å². The number of hydrazine groups is 1. The first kappa shape index (κ1) is 13.0. The standard InChI is InChI=1S/C12H13BrN4OS/c1-6-8(13)4-10(19-6)12-15-9-2-3-18-5-7(9)11(16-12)17-14/h4H,2-3,5,14H2,1H3,(H,15,16,17). The predicted octanol–water partition coefficient (Wildman–Crippen LogP) is 2.63. The molecule has 0 atom stereocenters. The lowest BCUT2D eigenvalue weighted by molar-refractivity contribution is 0.109. The highest BCUT2D eigenvalue weighted by Gasteiger charge is 2.19. The van der Waals surface area contributed by atoms with Gasteiger partial charge in [-0.05, 0) is 28.9 Å². The Morgan fingerprint density at radius 2 is 2.32 bits per heavy atom. The first-order chi connectivity index (χ1) is 9.19. The molecule has 0 bridgehead atoms. The average Bonchev–Trinajstić information content (AvgIpc) is 2.77. The number of anilines is 1. The number of rotatable bonds is 2. The summed E-state index contributed by atoms with van der Waals surface area (Å²) in [6.07, 6.45) is 0.797. The summed E-state index contributed by atoms with van der Waals surface area (Å²) in [4.78, 5) is 11.4. The van der Waals surface area contributed by atoms with Crippen molar-refractivity contribution < 1.29 is 4.74 Å². The summed E-state index contributed by atoms with van der Waals surface area (Å²) in [5.74, 6) is 6.92. The molecular formula is C12H13BrN4OS. The highest BCUT2D eigenvalue weighted by Crippen LogP contribution is 2.34. The molecule has 3 rings (SSSR count). The van der Waals surface area contributed by atoms with Gasteiger partial charge in [0.05, 0.1) is 23.8 Å². The van der Waals surface area contributed by atoms with Gasteiger partial charge in [-0.15, -0.1) is 11.3 Å². The van der Waals surface area contributed by atoms with Gasteiger partial charge in [0.2, 0.25) is 0 Å². The summed E-state index contributed by atoms with van der Waals surface area (Å²) in [6, 6.07) is 2.04. The third kappa shape index (κ3) is 2.38. The van der Waals surface area contributed by atoms with Crippen LogP contribution < -0.4 is 11.3 Å². The van der Waals surface area contributed by atoms with Crippen molar-refractivity contribution >= 4 is 33.1 Å². The Kier molecular flexibility index (Phi) is 3.53. The maximum Gasteiger partial charge on any atom is 0.171 e. The number of hydrogen-bond acceptors (Lipinski definition) is 6. The Bertz CT molecular complexity index is 592. The van der Waals surface area contributed by atoms with Gasteiger partial charge in [-0.1, -0.05) is 0 Å². The molecule has 19 heavy (non-hydrogen) atoms. The molecule has 0 fully saturated rings. The van der Waals surface area contributed by atoms with E-state index in [1.165, 1.54) is 4.88 Å². The summed E-state index contributed by atoms with van der Waals surface area (Å²) in [6.45, 7) is 3.27. The molecule has 0 saturated carbocycles. The second kappa shape index (κ2) is 5.16. The van der Waals surface area contributed by atoms with Crippen molar-refractivity contribution in [2.75, 3.05) is 12.0 Å². The molecule has 0 aromatic carbocycles. The highest BCUT2D eigenvalue weighted by molar-refractivity contribution is 9.10. The van der Waals surface area contributed by atoms with E-state index in [1.54, 1.807) is 11.3 Å². The van der Waals surface area contributed by atoms with Crippen LogP contribution >= 0.6 is 27.3 Å². The summed E-state index contributed by atoms with van der Waals surface area (Å²) < 4.78 is 6.51. The first-order valence-electron chi connectivity index (χ1n) is 5.89. The largest absolute Gasteiger partial charge is 0.376 e. The lowest BCUT2D eigenvalue weighted by atomic mass is 10.1. The van der Waals surface area contributed by atoms with Gasteiger partial charge in [-0.3, -0.25) is 0 Å². The molecule has 1 aliphatic rings. The van der Waals surface area contributed by atoms with E-state index in [4.69, 9.17) is 10.6 Å². The van der Waals surface area contributed by atoms with Gasteiger partial charge in [-0.25, -0.2) is 15.8 Å². The predicted molar refractivity (Wildman–Crippen MR) is 79.0 cm³/mol. The van der Waals surface area contributed by atoms with Crippen LogP contribution in [0, 0.1) is 6.92 Å². The van der Waals surface area contributed by atoms with Crippen molar-refractivity contribution in [3.63, 3.8) is 0 Å². The number of hydrogen-bond donors (Lipinski definition) is 2. The summed E-state index contributed by atoms with van der Waals surface area (Å²) in [5.41, 5.74) is 4.63. The lowest BCUT2D eigenvalue weighted by Crippen LogP contribution is -2.19. The number of aromatic nitrogens is 2. The number of nitrogens with two attached hydrogens (primary N) is 1. The monoisotopic (exact) mass is 340 g/mol. The second-order valence-electron chi connectivity index (χ2n) is 4.28. The van der Waals surface area contributed by atoms with Gasteiger partial charge in [0, 0.05) is 21.3 Å². The number of fused-ring (bicyclic) bond motifs is 1. The van der Waals surface area contributed by atoms with Crippen LogP contribution in [0.4, 0.5) is 5.82 Å². The van der Waals surface area contributed by atoms with Crippen LogP contribution in [0.5, 0.6) is 0 Å². The summed E-state index contributed by atoms with van der Waals surface area (Å²) >= 11 is 5.18. The molecule has 100 valence electrons. The minimum Gasteiger partial charge on any atom is -0.376 e. The van der Waals surface area contributed by atoms with Crippen molar-refractivity contribution in [2.45, 2.75) is 20.0 Å². The van der Waals surface area contributed by atoms with Crippen LogP contribution in [-0.2, 0) is 17.8 Å². The van der Waals surface area contributed by atoms with Gasteiger partial charge < -0.3 is 10.2 Å². The number of aryl methyl sites for hydroxylation is 1. The van der Waals surface area contributed by atoms with E-state index in [-0.39, 0.29) is 0 Å². The van der Waals surface area contributed by atoms with Crippen LogP contribution in [-0.4, -0.2) is 16.6 Å². The van der Waals surface area contributed by atoms with E-state index in [0.29, 0.717) is 24.9 Å². The SMILES string of the molecule is Cc1sc(-c2nc3c(c(NN)n2)COCC3)cc1Br. The van der Waals surface area contributed by atoms with Gasteiger partial charge >= 0.3 is 0 Å². The van der Waals surface area contributed by atoms with E-state index in [0.717, 1.165) is 27.0 Å². The smallest absolute Gasteiger partial charge is 0.171 e. The van der Waals surface area contributed by atoms with E-state index >= 15 is 0 Å². The summed E-state index contributed by atoms with van der Waals surface area (Å²) in [5, 5.41) is 0. The van der Waals surface area contributed by atoms with Gasteiger partial charge in [0.25, 0.3) is 0 Å². The molecule has 3 N–H and O–H groups in total. The fourth-order valence-corrected chi connectivity index (χ4v) is 3.50. The molecule has 3 heterocycles. The van der Waals surface area contributed by atoms with Crippen LogP contribution in [0.15, 0.2) is 10.5 Å². The fraction of sp³-hybridized carbons (Fsp3) is 0.333. The molecule has 0 aliphatic carbocycles. The number of nitrogens with one attached hydrogen (secondary N) is 1. The third-order valence-corrected chi connectivity index (χ3v) is 5.17. The number of nitrogen functional groups attached to an aromatic ring is 1. The van der Waals surface area contributed by atoms with Crippen LogP contribution in [0.1, 0.15) is 16.1 Å². The zero-order chi connectivity index (χ0) is 13.4. The van der Waals surface area contributed by atoms with Gasteiger partial charge in [0.1, 0.15) is 5.82 Å². The molecule has 5 nitrogen and oxygen atoms in total. The van der Waals surface area contributed by atoms with Gasteiger partial charge in [0.15, 0.2) is 5.82 Å².